The smallest absolute Gasteiger partial charge is 0.382 e. The minimum atomic E-state index is -2.28. The highest BCUT2D eigenvalue weighted by atomic mass is 28.4. The average Bonchev–Trinajstić information content (AvgIpc) is 2.39. The van der Waals surface area contributed by atoms with Gasteiger partial charge in [-0.1, -0.05) is 31.5 Å². The molecule has 0 spiro atoms. The zero-order valence-electron chi connectivity index (χ0n) is 11.3. The van der Waals surface area contributed by atoms with Crippen molar-refractivity contribution in [2.24, 2.45) is 0 Å². The second-order valence-corrected chi connectivity index (χ2v) is 7.23. The summed E-state index contributed by atoms with van der Waals surface area (Å²) >= 11 is 0. The van der Waals surface area contributed by atoms with Crippen LogP contribution in [0.15, 0.2) is 30.3 Å². The fourth-order valence-electron chi connectivity index (χ4n) is 2.19. The monoisotopic (exact) mass is 253 g/mol. The van der Waals surface area contributed by atoms with E-state index < -0.39 is 8.72 Å². The van der Waals surface area contributed by atoms with Crippen molar-refractivity contribution in [2.45, 2.75) is 26.3 Å². The van der Waals surface area contributed by atoms with Gasteiger partial charge in [0.05, 0.1) is 0 Å². The Hall–Kier alpha value is -0.843. The van der Waals surface area contributed by atoms with Gasteiger partial charge >= 0.3 is 8.72 Å². The third kappa shape index (κ3) is 3.09. The lowest BCUT2D eigenvalue weighted by molar-refractivity contribution is 0.238. The van der Waals surface area contributed by atoms with Crippen LogP contribution in [0.1, 0.15) is 20.3 Å². The van der Waals surface area contributed by atoms with Gasteiger partial charge in [-0.2, -0.15) is 0 Å². The van der Waals surface area contributed by atoms with Crippen molar-refractivity contribution in [3.63, 3.8) is 0 Å². The fraction of sp³-hybridized carbons (Fsp3) is 0.538. The minimum Gasteiger partial charge on any atom is -0.382 e. The summed E-state index contributed by atoms with van der Waals surface area (Å²) in [5.74, 6) is 0. The quantitative estimate of drug-likeness (QED) is 0.697. The molecule has 0 atom stereocenters. The zero-order chi connectivity index (χ0) is 12.7. The highest BCUT2D eigenvalue weighted by molar-refractivity contribution is 6.71. The van der Waals surface area contributed by atoms with Gasteiger partial charge in [0.2, 0.25) is 0 Å². The van der Waals surface area contributed by atoms with E-state index >= 15 is 0 Å². The first-order valence-corrected chi connectivity index (χ1v) is 8.14. The molecule has 0 bridgehead atoms. The Bertz CT molecular complexity index is 314. The normalized spacial score (nSPS) is 11.5. The first-order valence-electron chi connectivity index (χ1n) is 6.17. The van der Waals surface area contributed by atoms with E-state index in [1.165, 1.54) is 5.69 Å². The molecule has 4 heteroatoms. The summed E-state index contributed by atoms with van der Waals surface area (Å²) in [5, 5.41) is 0. The number of rotatable bonds is 7. The van der Waals surface area contributed by atoms with E-state index in [0.29, 0.717) is 0 Å². The molecular weight excluding hydrogens is 230 g/mol. The maximum atomic E-state index is 5.78. The molecule has 0 amide bonds. The molecule has 0 heterocycles. The summed E-state index contributed by atoms with van der Waals surface area (Å²) < 4.78 is 13.8. The van der Waals surface area contributed by atoms with E-state index in [-0.39, 0.29) is 0 Å². The molecule has 0 aliphatic rings. The lowest BCUT2D eigenvalue weighted by Gasteiger charge is -2.38. The van der Waals surface area contributed by atoms with E-state index in [4.69, 9.17) is 8.85 Å². The van der Waals surface area contributed by atoms with Crippen LogP contribution in [0, 0.1) is 0 Å². The maximum absolute atomic E-state index is 5.78. The van der Waals surface area contributed by atoms with Gasteiger partial charge < -0.3 is 13.4 Å². The molecule has 0 aromatic heterocycles. The topological polar surface area (TPSA) is 21.7 Å². The Balaban J connectivity index is 3.05. The predicted molar refractivity (Wildman–Crippen MR) is 74.3 cm³/mol. The molecule has 0 saturated heterocycles. The maximum Gasteiger partial charge on any atom is 0.458 e. The molecule has 96 valence electrons. The van der Waals surface area contributed by atoms with Crippen molar-refractivity contribution in [1.29, 1.82) is 0 Å². The van der Waals surface area contributed by atoms with Crippen LogP contribution in [0.3, 0.4) is 0 Å². The summed E-state index contributed by atoms with van der Waals surface area (Å²) in [7, 11) is 1.24. The molecule has 17 heavy (non-hydrogen) atoms. The van der Waals surface area contributed by atoms with Crippen molar-refractivity contribution in [2.75, 3.05) is 25.3 Å². The SMILES string of the molecule is CCC[Si](OC)(OC)N(CC)c1ccccc1. The van der Waals surface area contributed by atoms with Gasteiger partial charge in [-0.3, -0.25) is 0 Å². The van der Waals surface area contributed by atoms with Crippen LogP contribution < -0.4 is 4.57 Å². The summed E-state index contributed by atoms with van der Waals surface area (Å²) in [6, 6.07) is 11.3. The molecular formula is C13H23NO2Si. The third-order valence-corrected chi connectivity index (χ3v) is 6.80. The summed E-state index contributed by atoms with van der Waals surface area (Å²) in [6.07, 6.45) is 1.07. The molecule has 1 rings (SSSR count). The zero-order valence-corrected chi connectivity index (χ0v) is 12.3. The lowest BCUT2D eigenvalue weighted by Crippen LogP contribution is -2.57. The van der Waals surface area contributed by atoms with Gasteiger partial charge in [-0.05, 0) is 19.1 Å². The predicted octanol–water partition coefficient (Wildman–Crippen LogP) is 3.15. The van der Waals surface area contributed by atoms with Crippen LogP contribution in [-0.4, -0.2) is 29.5 Å². The van der Waals surface area contributed by atoms with Crippen molar-refractivity contribution in [3.05, 3.63) is 30.3 Å². The molecule has 0 aliphatic heterocycles. The van der Waals surface area contributed by atoms with Crippen LogP contribution in [0.5, 0.6) is 0 Å². The summed E-state index contributed by atoms with van der Waals surface area (Å²) in [5.41, 5.74) is 1.18. The molecule has 3 nitrogen and oxygen atoms in total. The molecule has 0 aliphatic carbocycles. The van der Waals surface area contributed by atoms with Gasteiger partial charge in [-0.15, -0.1) is 0 Å². The molecule has 0 saturated carbocycles. The first kappa shape index (κ1) is 14.2. The van der Waals surface area contributed by atoms with Crippen molar-refractivity contribution in [3.8, 4) is 0 Å². The number of para-hydroxylation sites is 1. The Morgan fingerprint density at radius 3 is 2.06 bits per heavy atom. The lowest BCUT2D eigenvalue weighted by atomic mass is 10.3. The van der Waals surface area contributed by atoms with Gasteiger partial charge in [-0.25, -0.2) is 0 Å². The molecule has 1 aromatic carbocycles. The number of anilines is 1. The number of hydrogen-bond donors (Lipinski definition) is 0. The second kappa shape index (κ2) is 6.79. The number of benzene rings is 1. The standard InChI is InChI=1S/C13H23NO2Si/c1-5-12-17(15-3,16-4)14(6-2)13-10-8-7-9-11-13/h7-11H,5-6,12H2,1-4H3. The minimum absolute atomic E-state index is 0.901. The van der Waals surface area contributed by atoms with Crippen molar-refractivity contribution < 1.29 is 8.85 Å². The van der Waals surface area contributed by atoms with E-state index in [2.05, 4.69) is 42.7 Å². The van der Waals surface area contributed by atoms with E-state index in [1.807, 2.05) is 6.07 Å². The fourth-order valence-corrected chi connectivity index (χ4v) is 5.13. The van der Waals surface area contributed by atoms with Gasteiger partial charge in [0.15, 0.2) is 0 Å². The van der Waals surface area contributed by atoms with Crippen LogP contribution in [0.4, 0.5) is 5.69 Å². The molecule has 0 fully saturated rings. The molecule has 0 radical (unpaired) electrons. The van der Waals surface area contributed by atoms with Gasteiger partial charge in [0, 0.05) is 32.5 Å². The van der Waals surface area contributed by atoms with Gasteiger partial charge in [0.25, 0.3) is 0 Å². The summed E-state index contributed by atoms with van der Waals surface area (Å²) in [4.78, 5) is 0. The summed E-state index contributed by atoms with van der Waals surface area (Å²) in [6.45, 7) is 5.21. The third-order valence-electron chi connectivity index (χ3n) is 3.00. The van der Waals surface area contributed by atoms with Crippen LogP contribution in [0.25, 0.3) is 0 Å². The van der Waals surface area contributed by atoms with Crippen molar-refractivity contribution in [1.82, 2.24) is 0 Å². The van der Waals surface area contributed by atoms with Crippen LogP contribution in [0.2, 0.25) is 6.04 Å². The molecule has 0 unspecified atom stereocenters. The highest BCUT2D eigenvalue weighted by Crippen LogP contribution is 2.26. The van der Waals surface area contributed by atoms with E-state index in [1.54, 1.807) is 14.2 Å². The number of nitrogens with zero attached hydrogens (tertiary/aromatic N) is 1. The van der Waals surface area contributed by atoms with Crippen LogP contribution >= 0.6 is 0 Å². The van der Waals surface area contributed by atoms with Gasteiger partial charge in [0.1, 0.15) is 0 Å². The van der Waals surface area contributed by atoms with Crippen molar-refractivity contribution >= 4 is 14.4 Å². The second-order valence-electron chi connectivity index (χ2n) is 3.95. The average molecular weight is 253 g/mol. The van der Waals surface area contributed by atoms with E-state index in [0.717, 1.165) is 19.0 Å². The Morgan fingerprint density at radius 1 is 1.06 bits per heavy atom. The highest BCUT2D eigenvalue weighted by Gasteiger charge is 2.42. The van der Waals surface area contributed by atoms with Crippen LogP contribution in [-0.2, 0) is 8.85 Å². The number of hydrogen-bond acceptors (Lipinski definition) is 3. The van der Waals surface area contributed by atoms with E-state index in [9.17, 15) is 0 Å². The largest absolute Gasteiger partial charge is 0.458 e. The molecule has 1 aromatic rings. The Kier molecular flexibility index (Phi) is 5.68. The molecule has 0 N–H and O–H groups in total. The Labute approximate surface area is 106 Å². The Morgan fingerprint density at radius 2 is 1.65 bits per heavy atom. The first-order chi connectivity index (χ1) is 8.24.